The number of fused-ring (bicyclic) bond motifs is 8. The fraction of sp³-hybridized carbons (Fsp3) is 0.0816. The van der Waals surface area contributed by atoms with Crippen molar-refractivity contribution in [3.05, 3.63) is 198 Å². The second kappa shape index (κ2) is 12.4. The van der Waals surface area contributed by atoms with E-state index in [1.165, 1.54) is 27.8 Å². The summed E-state index contributed by atoms with van der Waals surface area (Å²) < 4.78 is 6.92. The SMILES string of the molecule is C1=C(C2Nc3ccc4ccc5cc(-c6nc(-c7ccccc7)nc(-c7ccccc7)n6)ccc5c4c3O2)C=C2C(C1)c1ccccc1C2c1ccccc1. The van der Waals surface area contributed by atoms with E-state index in [1.807, 2.05) is 60.7 Å². The first-order chi connectivity index (χ1) is 26.7. The van der Waals surface area contributed by atoms with Crippen LogP contribution in [0.1, 0.15) is 34.9 Å². The number of nitrogens with zero attached hydrogens (tertiary/aromatic N) is 3. The van der Waals surface area contributed by atoms with E-state index in [4.69, 9.17) is 19.7 Å². The van der Waals surface area contributed by atoms with Crippen molar-refractivity contribution in [3.63, 3.8) is 0 Å². The molecule has 3 unspecified atom stereocenters. The average molecular weight is 695 g/mol. The standard InChI is InChI=1S/C49H34N4O/c1-4-12-30(13-5-1)43-40-19-11-10-18-38(40)39-26-23-36(29-41(39)43)49-50-42-27-24-31-20-21-34-28-35(22-25-37(34)44(31)45(42)54-49)48-52-46(32-14-6-2-7-15-32)51-47(53-48)33-16-8-3-9-17-33/h1-25,27-29,39,43,49-50H,26H2. The minimum Gasteiger partial charge on any atom is -0.464 e. The molecule has 5 heteroatoms. The van der Waals surface area contributed by atoms with Crippen molar-refractivity contribution in [2.45, 2.75) is 24.5 Å². The normalized spacial score (nSPS) is 18.3. The molecule has 1 aromatic heterocycles. The first-order valence-electron chi connectivity index (χ1n) is 18.6. The van der Waals surface area contributed by atoms with Crippen molar-refractivity contribution >= 4 is 27.2 Å². The van der Waals surface area contributed by atoms with Gasteiger partial charge in [0.25, 0.3) is 0 Å². The summed E-state index contributed by atoms with van der Waals surface area (Å²) in [5.41, 5.74) is 10.7. The Labute approximate surface area is 313 Å². The van der Waals surface area contributed by atoms with Crippen LogP contribution >= 0.6 is 0 Å². The van der Waals surface area contributed by atoms with Crippen molar-refractivity contribution in [2.75, 3.05) is 5.32 Å². The van der Waals surface area contributed by atoms with E-state index in [0.29, 0.717) is 23.4 Å². The Kier molecular flexibility index (Phi) is 7.05. The van der Waals surface area contributed by atoms with Crippen LogP contribution in [-0.4, -0.2) is 21.2 Å². The molecule has 0 spiro atoms. The molecule has 256 valence electrons. The summed E-state index contributed by atoms with van der Waals surface area (Å²) in [5, 5.41) is 8.21. The monoisotopic (exact) mass is 694 g/mol. The molecule has 1 aliphatic heterocycles. The van der Waals surface area contributed by atoms with Crippen molar-refractivity contribution in [3.8, 4) is 39.9 Å². The number of allylic oxidation sites excluding steroid dienone is 2. The molecule has 3 atom stereocenters. The fourth-order valence-electron chi connectivity index (χ4n) is 8.68. The highest BCUT2D eigenvalue weighted by Gasteiger charge is 2.39. The lowest BCUT2D eigenvalue weighted by Gasteiger charge is -2.24. The van der Waals surface area contributed by atoms with E-state index in [1.54, 1.807) is 0 Å². The zero-order valence-corrected chi connectivity index (χ0v) is 29.4. The van der Waals surface area contributed by atoms with Gasteiger partial charge in [0.05, 0.1) is 5.69 Å². The molecule has 11 rings (SSSR count). The molecule has 5 nitrogen and oxygen atoms in total. The van der Waals surface area contributed by atoms with E-state index < -0.39 is 0 Å². The third-order valence-corrected chi connectivity index (χ3v) is 11.2. The minimum atomic E-state index is -0.272. The molecule has 2 aliphatic carbocycles. The van der Waals surface area contributed by atoms with Crippen LogP contribution in [0.25, 0.3) is 55.7 Å². The number of benzene rings is 7. The quantitative estimate of drug-likeness (QED) is 0.182. The van der Waals surface area contributed by atoms with Gasteiger partial charge >= 0.3 is 0 Å². The first-order valence-corrected chi connectivity index (χ1v) is 18.6. The lowest BCUT2D eigenvalue weighted by atomic mass is 9.82. The lowest BCUT2D eigenvalue weighted by molar-refractivity contribution is 0.295. The van der Waals surface area contributed by atoms with E-state index >= 15 is 0 Å². The lowest BCUT2D eigenvalue weighted by Crippen LogP contribution is -2.24. The number of hydrogen-bond acceptors (Lipinski definition) is 5. The third-order valence-electron chi connectivity index (χ3n) is 11.2. The van der Waals surface area contributed by atoms with Gasteiger partial charge in [0, 0.05) is 39.5 Å². The number of anilines is 1. The van der Waals surface area contributed by atoms with Crippen molar-refractivity contribution in [1.82, 2.24) is 15.0 Å². The molecule has 8 aromatic rings. The van der Waals surface area contributed by atoms with Gasteiger partial charge in [0.15, 0.2) is 29.5 Å². The molecule has 7 aromatic carbocycles. The summed E-state index contributed by atoms with van der Waals surface area (Å²) in [4.78, 5) is 14.8. The van der Waals surface area contributed by atoms with Gasteiger partial charge in [-0.3, -0.25) is 0 Å². The average Bonchev–Trinajstić information content (AvgIpc) is 3.84. The summed E-state index contributed by atoms with van der Waals surface area (Å²) in [5.74, 6) is 3.46. The summed E-state index contributed by atoms with van der Waals surface area (Å²) in [6.07, 6.45) is 5.47. The van der Waals surface area contributed by atoms with Crippen molar-refractivity contribution in [1.29, 1.82) is 0 Å². The summed E-state index contributed by atoms with van der Waals surface area (Å²) in [6, 6.07) is 55.3. The Morgan fingerprint density at radius 1 is 0.556 bits per heavy atom. The Hall–Kier alpha value is -6.85. The van der Waals surface area contributed by atoms with Crippen LogP contribution in [0.2, 0.25) is 0 Å². The second-order valence-corrected chi connectivity index (χ2v) is 14.3. The largest absolute Gasteiger partial charge is 0.464 e. The molecule has 0 fully saturated rings. The van der Waals surface area contributed by atoms with Crippen molar-refractivity contribution < 1.29 is 4.74 Å². The fourth-order valence-corrected chi connectivity index (χ4v) is 8.68. The van der Waals surface area contributed by atoms with E-state index in [-0.39, 0.29) is 12.1 Å². The molecule has 0 saturated heterocycles. The predicted molar refractivity (Wildman–Crippen MR) is 217 cm³/mol. The topological polar surface area (TPSA) is 59.9 Å². The summed E-state index contributed by atoms with van der Waals surface area (Å²) in [6.45, 7) is 0. The number of nitrogens with one attached hydrogen (secondary N) is 1. The Balaban J connectivity index is 0.964. The molecule has 0 amide bonds. The Morgan fingerprint density at radius 2 is 1.17 bits per heavy atom. The zero-order valence-electron chi connectivity index (χ0n) is 29.4. The molecule has 3 aliphatic rings. The van der Waals surface area contributed by atoms with E-state index in [0.717, 1.165) is 56.1 Å². The highest BCUT2D eigenvalue weighted by Crippen LogP contribution is 2.54. The highest BCUT2D eigenvalue weighted by molar-refractivity contribution is 6.13. The molecular formula is C49H34N4O. The van der Waals surface area contributed by atoms with Gasteiger partial charge in [-0.15, -0.1) is 0 Å². The Morgan fingerprint density at radius 3 is 1.89 bits per heavy atom. The van der Waals surface area contributed by atoms with Crippen LogP contribution in [0.3, 0.4) is 0 Å². The first kappa shape index (κ1) is 30.7. The number of aromatic nitrogens is 3. The van der Waals surface area contributed by atoms with Gasteiger partial charge in [-0.25, -0.2) is 15.0 Å². The summed E-state index contributed by atoms with van der Waals surface area (Å²) in [7, 11) is 0. The number of hydrogen-bond donors (Lipinski definition) is 1. The highest BCUT2D eigenvalue weighted by atomic mass is 16.5. The molecular weight excluding hydrogens is 661 g/mol. The Bertz CT molecular complexity index is 2750. The molecule has 2 heterocycles. The minimum absolute atomic E-state index is 0.246. The maximum Gasteiger partial charge on any atom is 0.196 e. The number of rotatable bonds is 5. The maximum absolute atomic E-state index is 6.92. The number of ether oxygens (including phenoxy) is 1. The maximum atomic E-state index is 6.92. The molecule has 0 bridgehead atoms. The van der Waals surface area contributed by atoms with Gasteiger partial charge in [-0.05, 0) is 57.0 Å². The van der Waals surface area contributed by atoms with E-state index in [2.05, 4.69) is 115 Å². The van der Waals surface area contributed by atoms with E-state index in [9.17, 15) is 0 Å². The van der Waals surface area contributed by atoms with Crippen molar-refractivity contribution in [2.24, 2.45) is 0 Å². The summed E-state index contributed by atoms with van der Waals surface area (Å²) >= 11 is 0. The van der Waals surface area contributed by atoms with Crippen LogP contribution in [0, 0.1) is 0 Å². The van der Waals surface area contributed by atoms with Crippen LogP contribution in [0.5, 0.6) is 5.75 Å². The molecule has 0 saturated carbocycles. The molecule has 1 N–H and O–H groups in total. The van der Waals surface area contributed by atoms with Crippen LogP contribution in [0.4, 0.5) is 5.69 Å². The predicted octanol–water partition coefficient (Wildman–Crippen LogP) is 11.5. The van der Waals surface area contributed by atoms with Crippen LogP contribution < -0.4 is 10.1 Å². The third kappa shape index (κ3) is 5.04. The zero-order chi connectivity index (χ0) is 35.6. The van der Waals surface area contributed by atoms with Crippen LogP contribution in [0.15, 0.2) is 181 Å². The second-order valence-electron chi connectivity index (χ2n) is 14.3. The van der Waals surface area contributed by atoms with Gasteiger partial charge in [0.2, 0.25) is 0 Å². The van der Waals surface area contributed by atoms with Gasteiger partial charge in [-0.1, -0.05) is 158 Å². The molecule has 54 heavy (non-hydrogen) atoms. The molecule has 0 radical (unpaired) electrons. The van der Waals surface area contributed by atoms with Gasteiger partial charge in [-0.2, -0.15) is 0 Å². The smallest absolute Gasteiger partial charge is 0.196 e. The van der Waals surface area contributed by atoms with Crippen LogP contribution in [-0.2, 0) is 0 Å². The van der Waals surface area contributed by atoms with Gasteiger partial charge in [0.1, 0.15) is 0 Å². The van der Waals surface area contributed by atoms with Gasteiger partial charge < -0.3 is 10.1 Å².